The minimum Gasteiger partial charge on any atom is -0.444 e. The molecule has 1 unspecified atom stereocenters. The Bertz CT molecular complexity index is 645. The normalized spacial score (nSPS) is 21.3. The van der Waals surface area contributed by atoms with Gasteiger partial charge in [-0.15, -0.1) is 11.8 Å². The molecule has 0 saturated carbocycles. The molecule has 0 aliphatic carbocycles. The first-order chi connectivity index (χ1) is 12.0. The molecule has 5 nitrogen and oxygen atoms in total. The summed E-state index contributed by atoms with van der Waals surface area (Å²) in [6.45, 7) is 3.92. The molecule has 0 bridgehead atoms. The van der Waals surface area contributed by atoms with Crippen molar-refractivity contribution in [2.24, 2.45) is 0 Å². The van der Waals surface area contributed by atoms with Crippen molar-refractivity contribution in [3.05, 3.63) is 35.9 Å². The van der Waals surface area contributed by atoms with E-state index in [0.29, 0.717) is 25.4 Å². The lowest BCUT2D eigenvalue weighted by atomic mass is 10.0. The van der Waals surface area contributed by atoms with Crippen molar-refractivity contribution >= 4 is 40.2 Å². The molecule has 1 aromatic rings. The van der Waals surface area contributed by atoms with Crippen LogP contribution in [0.5, 0.6) is 0 Å². The third-order valence-corrected chi connectivity index (χ3v) is 6.06. The summed E-state index contributed by atoms with van der Waals surface area (Å²) in [6.07, 6.45) is 1.35. The lowest BCUT2D eigenvalue weighted by molar-refractivity contribution is -0.129. The number of cyclic esters (lactones) is 1. The molecular weight excluding hydrogens is 356 g/mol. The lowest BCUT2D eigenvalue weighted by Crippen LogP contribution is -2.47. The van der Waals surface area contributed by atoms with Crippen molar-refractivity contribution < 1.29 is 14.3 Å². The van der Waals surface area contributed by atoms with Crippen LogP contribution in [0.4, 0.5) is 4.79 Å². The van der Waals surface area contributed by atoms with E-state index >= 15 is 0 Å². The van der Waals surface area contributed by atoms with Crippen molar-refractivity contribution in [3.8, 4) is 0 Å². The fraction of sp³-hybridized carbons (Fsp3) is 0.500. The number of thioether (sulfide) groups is 1. The molecule has 0 N–H and O–H groups in total. The number of benzene rings is 1. The molecule has 134 valence electrons. The van der Waals surface area contributed by atoms with E-state index < -0.39 is 0 Å². The van der Waals surface area contributed by atoms with Crippen LogP contribution >= 0.6 is 24.0 Å². The zero-order valence-corrected chi connectivity index (χ0v) is 15.9. The molecule has 25 heavy (non-hydrogen) atoms. The summed E-state index contributed by atoms with van der Waals surface area (Å²) in [5.74, 6) is 0.473. The molecule has 2 fully saturated rings. The highest BCUT2D eigenvalue weighted by Gasteiger charge is 2.36. The number of ether oxygens (including phenoxy) is 1. The highest BCUT2D eigenvalue weighted by atomic mass is 32.2. The average Bonchev–Trinajstić information content (AvgIpc) is 2.98. The topological polar surface area (TPSA) is 49.9 Å². The Balaban J connectivity index is 1.44. The van der Waals surface area contributed by atoms with Crippen LogP contribution in [0.15, 0.2) is 30.3 Å². The molecule has 2 aliphatic heterocycles. The van der Waals surface area contributed by atoms with Gasteiger partial charge in [-0.3, -0.25) is 4.79 Å². The van der Waals surface area contributed by atoms with Gasteiger partial charge in [0.1, 0.15) is 6.10 Å². The van der Waals surface area contributed by atoms with Crippen LogP contribution in [0.2, 0.25) is 0 Å². The second kappa shape index (κ2) is 8.19. The minimum atomic E-state index is -0.221. The molecule has 2 amide bonds. The van der Waals surface area contributed by atoms with Gasteiger partial charge < -0.3 is 14.5 Å². The number of hydrogen-bond donors (Lipinski definition) is 0. The van der Waals surface area contributed by atoms with Gasteiger partial charge in [0.25, 0.3) is 0 Å². The molecule has 3 rings (SSSR count). The van der Waals surface area contributed by atoms with E-state index in [2.05, 4.69) is 0 Å². The summed E-state index contributed by atoms with van der Waals surface area (Å²) in [5, 5.41) is 0. The maximum absolute atomic E-state index is 12.4. The van der Waals surface area contributed by atoms with Gasteiger partial charge in [-0.25, -0.2) is 4.79 Å². The number of nitrogens with zero attached hydrogens (tertiary/aromatic N) is 2. The standard InChI is InChI=1S/C18H22N2O3S2/c1-13-11-20(18(22)23-13)15-7-9-19(10-8-15)16(21)12-25-17(24)14-5-3-2-4-6-14/h2-6,13,15H,7-12H2,1H3. The fourth-order valence-corrected chi connectivity index (χ4v) is 4.28. The van der Waals surface area contributed by atoms with Crippen molar-refractivity contribution in [3.63, 3.8) is 0 Å². The maximum atomic E-state index is 12.4. The molecule has 1 atom stereocenters. The Morgan fingerprint density at radius 3 is 2.56 bits per heavy atom. The first-order valence-corrected chi connectivity index (χ1v) is 9.91. The molecule has 2 heterocycles. The van der Waals surface area contributed by atoms with Crippen LogP contribution in [0.25, 0.3) is 0 Å². The molecule has 1 aromatic carbocycles. The van der Waals surface area contributed by atoms with Gasteiger partial charge in [0.2, 0.25) is 5.91 Å². The minimum absolute atomic E-state index is 0.0393. The number of rotatable bonds is 4. The first kappa shape index (κ1) is 18.2. The lowest BCUT2D eigenvalue weighted by Gasteiger charge is -2.35. The average molecular weight is 379 g/mol. The number of piperidine rings is 1. The van der Waals surface area contributed by atoms with Gasteiger partial charge in [-0.1, -0.05) is 42.5 Å². The monoisotopic (exact) mass is 378 g/mol. The fourth-order valence-electron chi connectivity index (χ4n) is 3.23. The van der Waals surface area contributed by atoms with Crippen LogP contribution in [-0.4, -0.2) is 63.5 Å². The van der Waals surface area contributed by atoms with Crippen LogP contribution in [0, 0.1) is 0 Å². The smallest absolute Gasteiger partial charge is 0.410 e. The van der Waals surface area contributed by atoms with Gasteiger partial charge in [-0.05, 0) is 25.3 Å². The molecule has 0 radical (unpaired) electrons. The van der Waals surface area contributed by atoms with Crippen LogP contribution in [-0.2, 0) is 9.53 Å². The third kappa shape index (κ3) is 4.52. The number of amides is 2. The van der Waals surface area contributed by atoms with E-state index in [1.165, 1.54) is 11.8 Å². The molecular formula is C18H22N2O3S2. The predicted molar refractivity (Wildman–Crippen MR) is 103 cm³/mol. The second-order valence-electron chi connectivity index (χ2n) is 6.40. The van der Waals surface area contributed by atoms with Crippen LogP contribution < -0.4 is 0 Å². The van der Waals surface area contributed by atoms with Crippen molar-refractivity contribution in [2.45, 2.75) is 31.9 Å². The SMILES string of the molecule is CC1CN(C2CCN(C(=O)CSC(=S)c3ccccc3)CC2)C(=O)O1. The van der Waals surface area contributed by atoms with E-state index in [1.807, 2.05) is 47.1 Å². The van der Waals surface area contributed by atoms with E-state index in [4.69, 9.17) is 17.0 Å². The number of hydrogen-bond acceptors (Lipinski definition) is 5. The van der Waals surface area contributed by atoms with E-state index in [0.717, 1.165) is 22.6 Å². The third-order valence-electron chi connectivity index (χ3n) is 4.58. The second-order valence-corrected chi connectivity index (χ2v) is 8.05. The van der Waals surface area contributed by atoms with Crippen molar-refractivity contribution in [1.82, 2.24) is 9.80 Å². The summed E-state index contributed by atoms with van der Waals surface area (Å²) in [7, 11) is 0. The molecule has 0 aromatic heterocycles. The maximum Gasteiger partial charge on any atom is 0.410 e. The Morgan fingerprint density at radius 2 is 1.96 bits per heavy atom. The van der Waals surface area contributed by atoms with E-state index in [-0.39, 0.29) is 24.1 Å². The molecule has 0 spiro atoms. The summed E-state index contributed by atoms with van der Waals surface area (Å²) < 4.78 is 5.94. The Morgan fingerprint density at radius 1 is 1.28 bits per heavy atom. The highest BCUT2D eigenvalue weighted by Crippen LogP contribution is 2.23. The summed E-state index contributed by atoms with van der Waals surface area (Å²) in [6, 6.07) is 9.93. The Labute approximate surface area is 157 Å². The quantitative estimate of drug-likeness (QED) is 0.754. The van der Waals surface area contributed by atoms with Gasteiger partial charge in [-0.2, -0.15) is 0 Å². The summed E-state index contributed by atoms with van der Waals surface area (Å²) >= 11 is 6.80. The zero-order valence-electron chi connectivity index (χ0n) is 14.2. The molecule has 2 aliphatic rings. The first-order valence-electron chi connectivity index (χ1n) is 8.52. The van der Waals surface area contributed by atoms with Crippen molar-refractivity contribution in [1.29, 1.82) is 0 Å². The van der Waals surface area contributed by atoms with Crippen molar-refractivity contribution in [2.75, 3.05) is 25.4 Å². The molecule has 7 heteroatoms. The van der Waals surface area contributed by atoms with E-state index in [9.17, 15) is 9.59 Å². The van der Waals surface area contributed by atoms with Gasteiger partial charge >= 0.3 is 6.09 Å². The van der Waals surface area contributed by atoms with Crippen LogP contribution in [0.3, 0.4) is 0 Å². The van der Waals surface area contributed by atoms with Gasteiger partial charge in [0.05, 0.1) is 16.5 Å². The number of likely N-dealkylation sites (tertiary alicyclic amines) is 1. The summed E-state index contributed by atoms with van der Waals surface area (Å²) in [4.78, 5) is 27.9. The van der Waals surface area contributed by atoms with Crippen LogP contribution in [0.1, 0.15) is 25.3 Å². The number of carbonyl (C=O) groups excluding carboxylic acids is 2. The largest absolute Gasteiger partial charge is 0.444 e. The van der Waals surface area contributed by atoms with Gasteiger partial charge in [0.15, 0.2) is 0 Å². The number of thiocarbonyl (C=S) groups is 1. The Hall–Kier alpha value is -1.60. The number of carbonyl (C=O) groups is 2. The van der Waals surface area contributed by atoms with Gasteiger partial charge in [0, 0.05) is 19.1 Å². The highest BCUT2D eigenvalue weighted by molar-refractivity contribution is 8.24. The Kier molecular flexibility index (Phi) is 5.96. The predicted octanol–water partition coefficient (Wildman–Crippen LogP) is 2.93. The molecule has 2 saturated heterocycles. The van der Waals surface area contributed by atoms with E-state index in [1.54, 1.807) is 0 Å². The summed E-state index contributed by atoms with van der Waals surface area (Å²) in [5.41, 5.74) is 0.982. The zero-order chi connectivity index (χ0) is 17.8.